The van der Waals surface area contributed by atoms with Crippen molar-refractivity contribution in [1.82, 2.24) is 0 Å². The van der Waals surface area contributed by atoms with Gasteiger partial charge in [0.05, 0.1) is 6.10 Å². The molecule has 0 aliphatic carbocycles. The van der Waals surface area contributed by atoms with Crippen molar-refractivity contribution in [3.05, 3.63) is 34.9 Å². The molecule has 0 bridgehead atoms. The Morgan fingerprint density at radius 1 is 1.06 bits per heavy atom. The third-order valence-corrected chi connectivity index (χ3v) is 3.48. The number of aliphatic hydroxyl groups excluding tert-OH is 1. The first-order valence-electron chi connectivity index (χ1n) is 6.84. The van der Waals surface area contributed by atoms with E-state index in [4.69, 9.17) is 0 Å². The first-order chi connectivity index (χ1) is 8.08. The molecule has 1 aromatic rings. The molecule has 0 radical (unpaired) electrons. The molecule has 1 nitrogen and oxygen atoms in total. The summed E-state index contributed by atoms with van der Waals surface area (Å²) in [5.74, 6) is 0.399. The van der Waals surface area contributed by atoms with Crippen LogP contribution in [0.4, 0.5) is 0 Å². The van der Waals surface area contributed by atoms with Crippen molar-refractivity contribution < 1.29 is 5.11 Å². The molecule has 17 heavy (non-hydrogen) atoms. The highest BCUT2D eigenvalue weighted by Gasteiger charge is 2.19. The van der Waals surface area contributed by atoms with Crippen molar-refractivity contribution in [2.24, 2.45) is 5.92 Å². The minimum absolute atomic E-state index is 0.301. The maximum Gasteiger partial charge on any atom is 0.0818 e. The smallest absolute Gasteiger partial charge is 0.0818 e. The molecule has 0 heterocycles. The Hall–Kier alpha value is -0.820. The van der Waals surface area contributed by atoms with Gasteiger partial charge in [-0.1, -0.05) is 62.4 Å². The van der Waals surface area contributed by atoms with Crippen LogP contribution in [0.3, 0.4) is 0 Å². The number of hydrogen-bond donors (Lipinski definition) is 1. The van der Waals surface area contributed by atoms with Gasteiger partial charge in [0, 0.05) is 0 Å². The molecular weight excluding hydrogens is 208 g/mol. The molecule has 1 aromatic carbocycles. The summed E-state index contributed by atoms with van der Waals surface area (Å²) in [6.07, 6.45) is 4.29. The largest absolute Gasteiger partial charge is 0.388 e. The molecule has 0 spiro atoms. The third-order valence-electron chi connectivity index (χ3n) is 3.48. The van der Waals surface area contributed by atoms with Gasteiger partial charge in [-0.05, 0) is 31.7 Å². The fourth-order valence-electron chi connectivity index (χ4n) is 2.50. The zero-order valence-electron chi connectivity index (χ0n) is 11.7. The second kappa shape index (κ2) is 6.80. The van der Waals surface area contributed by atoms with Crippen LogP contribution in [0.1, 0.15) is 62.3 Å². The number of unbranched alkanes of at least 4 members (excludes halogenated alkanes) is 1. The standard InChI is InChI=1S/C16H26O/c1-5-7-8-14(6-2)16(17)15-10-12(3)9-13(4)11-15/h9-11,14,16-17H,5-8H2,1-4H3. The lowest BCUT2D eigenvalue weighted by Crippen LogP contribution is -2.12. The van der Waals surface area contributed by atoms with E-state index in [2.05, 4.69) is 45.9 Å². The minimum Gasteiger partial charge on any atom is -0.388 e. The van der Waals surface area contributed by atoms with Gasteiger partial charge in [-0.2, -0.15) is 0 Å². The van der Waals surface area contributed by atoms with Gasteiger partial charge in [0.25, 0.3) is 0 Å². The molecular formula is C16H26O. The highest BCUT2D eigenvalue weighted by Crippen LogP contribution is 2.29. The second-order valence-corrected chi connectivity index (χ2v) is 5.18. The number of aliphatic hydroxyl groups is 1. The molecule has 0 saturated carbocycles. The predicted molar refractivity (Wildman–Crippen MR) is 74.2 cm³/mol. The summed E-state index contributed by atoms with van der Waals surface area (Å²) < 4.78 is 0. The van der Waals surface area contributed by atoms with E-state index >= 15 is 0 Å². The summed E-state index contributed by atoms with van der Waals surface area (Å²) in [7, 11) is 0. The fraction of sp³-hybridized carbons (Fsp3) is 0.625. The lowest BCUT2D eigenvalue weighted by molar-refractivity contribution is 0.0988. The highest BCUT2D eigenvalue weighted by atomic mass is 16.3. The van der Waals surface area contributed by atoms with Crippen molar-refractivity contribution in [3.63, 3.8) is 0 Å². The number of benzene rings is 1. The average Bonchev–Trinajstić information content (AvgIpc) is 2.28. The van der Waals surface area contributed by atoms with Gasteiger partial charge < -0.3 is 5.11 Å². The van der Waals surface area contributed by atoms with Gasteiger partial charge in [-0.3, -0.25) is 0 Å². The maximum atomic E-state index is 10.5. The van der Waals surface area contributed by atoms with Crippen molar-refractivity contribution >= 4 is 0 Å². The fourth-order valence-corrected chi connectivity index (χ4v) is 2.50. The van der Waals surface area contributed by atoms with Crippen LogP contribution in [0.2, 0.25) is 0 Å². The van der Waals surface area contributed by atoms with Crippen molar-refractivity contribution in [2.45, 2.75) is 59.5 Å². The lowest BCUT2D eigenvalue weighted by atomic mass is 9.88. The maximum absolute atomic E-state index is 10.5. The molecule has 1 heteroatoms. The summed E-state index contributed by atoms with van der Waals surface area (Å²) in [6, 6.07) is 6.39. The molecule has 0 saturated heterocycles. The number of rotatable bonds is 6. The van der Waals surface area contributed by atoms with E-state index in [0.29, 0.717) is 5.92 Å². The van der Waals surface area contributed by atoms with Gasteiger partial charge in [-0.15, -0.1) is 0 Å². The third kappa shape index (κ3) is 4.16. The van der Waals surface area contributed by atoms with Gasteiger partial charge in [0.2, 0.25) is 0 Å². The van der Waals surface area contributed by atoms with E-state index in [1.54, 1.807) is 0 Å². The predicted octanol–water partition coefficient (Wildman–Crippen LogP) is 4.55. The van der Waals surface area contributed by atoms with Crippen LogP contribution in [0.5, 0.6) is 0 Å². The Morgan fingerprint density at radius 2 is 1.65 bits per heavy atom. The normalized spacial score (nSPS) is 14.6. The molecule has 0 aliphatic rings. The topological polar surface area (TPSA) is 20.2 Å². The Kier molecular flexibility index (Phi) is 5.70. The highest BCUT2D eigenvalue weighted by molar-refractivity contribution is 5.30. The molecule has 2 atom stereocenters. The van der Waals surface area contributed by atoms with Crippen molar-refractivity contribution in [3.8, 4) is 0 Å². The monoisotopic (exact) mass is 234 g/mol. The molecule has 0 amide bonds. The zero-order valence-corrected chi connectivity index (χ0v) is 11.7. The van der Waals surface area contributed by atoms with Crippen LogP contribution in [0, 0.1) is 19.8 Å². The van der Waals surface area contributed by atoms with Crippen LogP contribution in [0.25, 0.3) is 0 Å². The van der Waals surface area contributed by atoms with E-state index in [-0.39, 0.29) is 6.10 Å². The molecule has 0 aromatic heterocycles. The van der Waals surface area contributed by atoms with Crippen LogP contribution in [0.15, 0.2) is 18.2 Å². The number of aryl methyl sites for hydroxylation is 2. The van der Waals surface area contributed by atoms with Crippen LogP contribution in [-0.2, 0) is 0 Å². The molecule has 0 fully saturated rings. The van der Waals surface area contributed by atoms with Gasteiger partial charge >= 0.3 is 0 Å². The molecule has 2 unspecified atom stereocenters. The quantitative estimate of drug-likeness (QED) is 0.765. The first-order valence-corrected chi connectivity index (χ1v) is 6.84. The molecule has 96 valence electrons. The second-order valence-electron chi connectivity index (χ2n) is 5.18. The lowest BCUT2D eigenvalue weighted by Gasteiger charge is -2.22. The van der Waals surface area contributed by atoms with E-state index < -0.39 is 0 Å². The Morgan fingerprint density at radius 3 is 2.12 bits per heavy atom. The van der Waals surface area contributed by atoms with Crippen LogP contribution < -0.4 is 0 Å². The van der Waals surface area contributed by atoms with Gasteiger partial charge in [0.1, 0.15) is 0 Å². The summed E-state index contributed by atoms with van der Waals surface area (Å²) >= 11 is 0. The Balaban J connectivity index is 2.81. The Labute approximate surface area is 106 Å². The molecule has 1 N–H and O–H groups in total. The SMILES string of the molecule is CCCCC(CC)C(O)c1cc(C)cc(C)c1. The molecule has 1 rings (SSSR count). The summed E-state index contributed by atoms with van der Waals surface area (Å²) in [6.45, 7) is 8.56. The van der Waals surface area contributed by atoms with Gasteiger partial charge in [-0.25, -0.2) is 0 Å². The van der Waals surface area contributed by atoms with E-state index in [1.165, 1.54) is 24.0 Å². The summed E-state index contributed by atoms with van der Waals surface area (Å²) in [5.41, 5.74) is 3.57. The van der Waals surface area contributed by atoms with E-state index in [9.17, 15) is 5.11 Å². The number of hydrogen-bond acceptors (Lipinski definition) is 1. The van der Waals surface area contributed by atoms with E-state index in [0.717, 1.165) is 18.4 Å². The first kappa shape index (κ1) is 14.2. The zero-order chi connectivity index (χ0) is 12.8. The average molecular weight is 234 g/mol. The van der Waals surface area contributed by atoms with Gasteiger partial charge in [0.15, 0.2) is 0 Å². The Bertz CT molecular complexity index is 323. The minimum atomic E-state index is -0.301. The van der Waals surface area contributed by atoms with Crippen LogP contribution in [-0.4, -0.2) is 5.11 Å². The van der Waals surface area contributed by atoms with Crippen molar-refractivity contribution in [1.29, 1.82) is 0 Å². The van der Waals surface area contributed by atoms with E-state index in [1.807, 2.05) is 0 Å². The van der Waals surface area contributed by atoms with Crippen molar-refractivity contribution in [2.75, 3.05) is 0 Å². The molecule has 0 aliphatic heterocycles. The summed E-state index contributed by atoms with van der Waals surface area (Å²) in [4.78, 5) is 0. The van der Waals surface area contributed by atoms with Crippen LogP contribution >= 0.6 is 0 Å². The summed E-state index contributed by atoms with van der Waals surface area (Å²) in [5, 5.41) is 10.5.